The Morgan fingerprint density at radius 3 is 2.53 bits per heavy atom. The molecule has 5 heteroatoms. The van der Waals surface area contributed by atoms with Gasteiger partial charge in [-0.2, -0.15) is 0 Å². The van der Waals surface area contributed by atoms with Gasteiger partial charge in [0.1, 0.15) is 0 Å². The zero-order valence-corrected chi connectivity index (χ0v) is 8.81. The SMILES string of the molecule is O=[N+]([O-])c1cc2c(c3c1=CC=CN3)NC=CC=2. The highest BCUT2D eigenvalue weighted by atomic mass is 16.6. The van der Waals surface area contributed by atoms with Crippen molar-refractivity contribution in [1.29, 1.82) is 0 Å². The van der Waals surface area contributed by atoms with Gasteiger partial charge in [0, 0.05) is 23.7 Å². The van der Waals surface area contributed by atoms with Crippen molar-refractivity contribution in [2.24, 2.45) is 0 Å². The number of hydrogen-bond donors (Lipinski definition) is 2. The lowest BCUT2D eigenvalue weighted by Crippen LogP contribution is -2.24. The topological polar surface area (TPSA) is 67.2 Å². The number of nitro benzene ring substituents is 1. The average molecular weight is 227 g/mol. The molecule has 84 valence electrons. The summed E-state index contributed by atoms with van der Waals surface area (Å²) in [6.07, 6.45) is 10.7. The van der Waals surface area contributed by atoms with E-state index in [9.17, 15) is 10.1 Å². The van der Waals surface area contributed by atoms with Crippen LogP contribution < -0.4 is 21.1 Å². The first-order chi connectivity index (χ1) is 8.27. The molecule has 1 aromatic carbocycles. The molecule has 0 spiro atoms. The molecule has 2 aliphatic rings. The fraction of sp³-hybridized carbons (Fsp3) is 0. The van der Waals surface area contributed by atoms with Gasteiger partial charge in [0.25, 0.3) is 5.69 Å². The summed E-state index contributed by atoms with van der Waals surface area (Å²) in [5, 5.41) is 18.6. The van der Waals surface area contributed by atoms with Crippen molar-refractivity contribution in [2.75, 3.05) is 10.6 Å². The molecule has 1 aromatic rings. The van der Waals surface area contributed by atoms with Crippen molar-refractivity contribution in [2.45, 2.75) is 0 Å². The van der Waals surface area contributed by atoms with Gasteiger partial charge < -0.3 is 10.6 Å². The summed E-state index contributed by atoms with van der Waals surface area (Å²) in [6.45, 7) is 0. The Kier molecular flexibility index (Phi) is 1.98. The monoisotopic (exact) mass is 227 g/mol. The molecule has 0 saturated carbocycles. The fourth-order valence-electron chi connectivity index (χ4n) is 2.02. The third kappa shape index (κ3) is 1.40. The Morgan fingerprint density at radius 2 is 1.76 bits per heavy atom. The first-order valence-electron chi connectivity index (χ1n) is 5.15. The molecule has 0 aromatic heterocycles. The van der Waals surface area contributed by atoms with Crippen molar-refractivity contribution in [1.82, 2.24) is 0 Å². The van der Waals surface area contributed by atoms with Crippen molar-refractivity contribution >= 4 is 29.2 Å². The minimum atomic E-state index is -0.359. The van der Waals surface area contributed by atoms with E-state index < -0.39 is 0 Å². The van der Waals surface area contributed by atoms with E-state index in [1.807, 2.05) is 12.2 Å². The molecule has 2 heterocycles. The maximum absolute atomic E-state index is 11.0. The van der Waals surface area contributed by atoms with E-state index in [0.29, 0.717) is 5.22 Å². The molecule has 0 radical (unpaired) electrons. The number of nitro groups is 1. The van der Waals surface area contributed by atoms with Gasteiger partial charge in [0.2, 0.25) is 0 Å². The van der Waals surface area contributed by atoms with Gasteiger partial charge >= 0.3 is 0 Å². The summed E-state index contributed by atoms with van der Waals surface area (Å²) in [5.41, 5.74) is 1.73. The molecular weight excluding hydrogens is 218 g/mol. The summed E-state index contributed by atoms with van der Waals surface area (Å²) < 4.78 is 0. The molecular formula is C12H9N3O2. The van der Waals surface area contributed by atoms with Gasteiger partial charge in [0.05, 0.1) is 21.5 Å². The Bertz CT molecular complexity index is 687. The van der Waals surface area contributed by atoms with Crippen LogP contribution in [0.1, 0.15) is 0 Å². The van der Waals surface area contributed by atoms with Crippen molar-refractivity contribution in [3.8, 4) is 0 Å². The van der Waals surface area contributed by atoms with Crippen LogP contribution >= 0.6 is 0 Å². The van der Waals surface area contributed by atoms with Crippen molar-refractivity contribution < 1.29 is 4.92 Å². The van der Waals surface area contributed by atoms with E-state index in [2.05, 4.69) is 10.6 Å². The number of anilines is 2. The molecule has 2 N–H and O–H groups in total. The van der Waals surface area contributed by atoms with Crippen LogP contribution in [0, 0.1) is 10.1 Å². The Hall–Kier alpha value is -2.56. The van der Waals surface area contributed by atoms with E-state index in [1.165, 1.54) is 0 Å². The van der Waals surface area contributed by atoms with Crippen molar-refractivity contribution in [3.63, 3.8) is 0 Å². The summed E-state index contributed by atoms with van der Waals surface area (Å²) >= 11 is 0. The molecule has 0 saturated heterocycles. The van der Waals surface area contributed by atoms with Crippen LogP contribution in [0.5, 0.6) is 0 Å². The smallest absolute Gasteiger partial charge is 0.279 e. The van der Waals surface area contributed by atoms with Gasteiger partial charge in [-0.1, -0.05) is 6.08 Å². The third-order valence-electron chi connectivity index (χ3n) is 2.76. The standard InChI is InChI=1S/C12H9N3O2/c16-15(17)10-7-8-3-1-5-13-11(8)12-9(10)4-2-6-14-12/h1-7,13-14H. The Labute approximate surface area is 96.6 Å². The fourth-order valence-corrected chi connectivity index (χ4v) is 2.02. The molecule has 2 aliphatic heterocycles. The van der Waals surface area contributed by atoms with Crippen LogP contribution in [0.2, 0.25) is 0 Å². The average Bonchev–Trinajstić information content (AvgIpc) is 2.37. The second-order valence-electron chi connectivity index (χ2n) is 3.75. The summed E-state index contributed by atoms with van der Waals surface area (Å²) in [6, 6.07) is 1.59. The normalized spacial score (nSPS) is 14.6. The van der Waals surface area contributed by atoms with E-state index in [1.54, 1.807) is 30.6 Å². The molecule has 3 rings (SSSR count). The van der Waals surface area contributed by atoms with Gasteiger partial charge in [0.15, 0.2) is 0 Å². The summed E-state index contributed by atoms with van der Waals surface area (Å²) in [7, 11) is 0. The van der Waals surface area contributed by atoms with E-state index in [0.717, 1.165) is 16.6 Å². The molecule has 0 bridgehead atoms. The lowest BCUT2D eigenvalue weighted by Gasteiger charge is -2.15. The largest absolute Gasteiger partial charge is 0.359 e. The molecule has 0 aliphatic carbocycles. The van der Waals surface area contributed by atoms with Crippen molar-refractivity contribution in [3.05, 3.63) is 51.2 Å². The van der Waals surface area contributed by atoms with Gasteiger partial charge in [-0.25, -0.2) is 0 Å². The van der Waals surface area contributed by atoms with Crippen LogP contribution in [0.25, 0.3) is 12.2 Å². The third-order valence-corrected chi connectivity index (χ3v) is 2.76. The number of hydrogen-bond acceptors (Lipinski definition) is 4. The first-order valence-corrected chi connectivity index (χ1v) is 5.15. The van der Waals surface area contributed by atoms with Crippen LogP contribution in [-0.4, -0.2) is 4.92 Å². The first kappa shape index (κ1) is 9.65. The quantitative estimate of drug-likeness (QED) is 0.555. The van der Waals surface area contributed by atoms with Gasteiger partial charge in [-0.05, 0) is 18.2 Å². The molecule has 17 heavy (non-hydrogen) atoms. The van der Waals surface area contributed by atoms with Gasteiger partial charge in [-0.3, -0.25) is 10.1 Å². The highest BCUT2D eigenvalue weighted by Crippen LogP contribution is 2.20. The molecule has 0 fully saturated rings. The second-order valence-corrected chi connectivity index (χ2v) is 3.75. The molecule has 0 atom stereocenters. The highest BCUT2D eigenvalue weighted by Gasteiger charge is 2.18. The summed E-state index contributed by atoms with van der Waals surface area (Å²) in [5.74, 6) is 0. The minimum Gasteiger partial charge on any atom is -0.359 e. The number of nitrogens with one attached hydrogen (secondary N) is 2. The van der Waals surface area contributed by atoms with Gasteiger partial charge in [-0.15, -0.1) is 0 Å². The second kappa shape index (κ2) is 3.48. The Morgan fingerprint density at radius 1 is 1.06 bits per heavy atom. The number of fused-ring (bicyclic) bond motifs is 3. The van der Waals surface area contributed by atoms with E-state index in [-0.39, 0.29) is 10.6 Å². The molecule has 5 nitrogen and oxygen atoms in total. The van der Waals surface area contributed by atoms with Crippen LogP contribution in [0.15, 0.2) is 30.6 Å². The zero-order chi connectivity index (χ0) is 11.8. The molecule has 0 amide bonds. The number of nitrogens with zero attached hydrogens (tertiary/aromatic N) is 1. The molecule has 0 unspecified atom stereocenters. The zero-order valence-electron chi connectivity index (χ0n) is 8.81. The number of non-ortho nitro benzene ring substituents is 1. The lowest BCUT2D eigenvalue weighted by atomic mass is 10.1. The number of rotatable bonds is 1. The summed E-state index contributed by atoms with van der Waals surface area (Å²) in [4.78, 5) is 10.7. The lowest BCUT2D eigenvalue weighted by molar-refractivity contribution is -0.385. The Balaban J connectivity index is 2.45. The van der Waals surface area contributed by atoms with Crippen LogP contribution in [0.4, 0.5) is 17.1 Å². The highest BCUT2D eigenvalue weighted by molar-refractivity contribution is 5.81. The number of benzene rings is 1. The van der Waals surface area contributed by atoms with Crippen LogP contribution in [0.3, 0.4) is 0 Å². The van der Waals surface area contributed by atoms with Crippen LogP contribution in [-0.2, 0) is 0 Å². The predicted octanol–water partition coefficient (Wildman–Crippen LogP) is 1.03. The van der Waals surface area contributed by atoms with E-state index >= 15 is 0 Å². The predicted molar refractivity (Wildman–Crippen MR) is 66.8 cm³/mol. The maximum atomic E-state index is 11.0. The van der Waals surface area contributed by atoms with E-state index in [4.69, 9.17) is 0 Å². The minimum absolute atomic E-state index is 0.115. The number of allylic oxidation sites excluding steroid dienone is 2. The maximum Gasteiger partial charge on any atom is 0.279 e.